The fourth-order valence-electron chi connectivity index (χ4n) is 11.6. The number of carboxylic acids is 1. The average molecular weight is 1370 g/mol. The summed E-state index contributed by atoms with van der Waals surface area (Å²) in [6.07, 6.45) is 8.79. The number of rotatable bonds is 40. The Morgan fingerprint density at radius 2 is 1.31 bits per heavy atom. The number of fused-ring (bicyclic) bond motifs is 4. The summed E-state index contributed by atoms with van der Waals surface area (Å²) < 4.78 is 79.5. The third kappa shape index (κ3) is 19.8. The molecule has 3 aromatic rings. The molecule has 21 nitrogen and oxygen atoms in total. The van der Waals surface area contributed by atoms with Gasteiger partial charge < -0.3 is 57.9 Å². The number of amides is 2. The molecule has 0 saturated carbocycles. The number of ketones is 1. The number of carbonyl (C=O) groups excluding carboxylic acids is 4. The zero-order chi connectivity index (χ0) is 66.0. The van der Waals surface area contributed by atoms with Gasteiger partial charge in [0.2, 0.25) is 5.36 Å². The molecule has 3 aromatic carbocycles. The number of hydroxylamine groups is 2. The molecule has 3 N–H and O–H groups in total. The Balaban J connectivity index is 1.21. The van der Waals surface area contributed by atoms with Crippen LogP contribution in [0.25, 0.3) is 16.7 Å². The highest BCUT2D eigenvalue weighted by molar-refractivity contribution is 7.99. The van der Waals surface area contributed by atoms with E-state index in [-0.39, 0.29) is 83.4 Å². The van der Waals surface area contributed by atoms with Gasteiger partial charge >= 0.3 is 11.9 Å². The zero-order valence-electron chi connectivity index (χ0n) is 52.7. The number of thioether (sulfide) groups is 1. The van der Waals surface area contributed by atoms with E-state index in [4.69, 9.17) is 77.9 Å². The van der Waals surface area contributed by atoms with Gasteiger partial charge in [-0.25, -0.2) is 14.2 Å². The average Bonchev–Trinajstić information content (AvgIpc) is 0.994. The minimum absolute atomic E-state index is 0.000341. The van der Waals surface area contributed by atoms with Crippen molar-refractivity contribution in [1.82, 2.24) is 9.64 Å². The van der Waals surface area contributed by atoms with Gasteiger partial charge in [-0.2, -0.15) is 20.2 Å². The molecule has 0 bridgehead atoms. The van der Waals surface area contributed by atoms with Crippen LogP contribution in [0.2, 0.25) is 15.1 Å². The van der Waals surface area contributed by atoms with Crippen LogP contribution in [-0.4, -0.2) is 178 Å². The second kappa shape index (κ2) is 34.4. The summed E-state index contributed by atoms with van der Waals surface area (Å²) in [5.41, 5.74) is 2.21. The van der Waals surface area contributed by atoms with Crippen molar-refractivity contribution in [1.29, 1.82) is 0 Å². The highest BCUT2D eigenvalue weighted by Gasteiger charge is 2.40. The maximum Gasteiger partial charge on any atom is 0.337 e. The highest BCUT2D eigenvalue weighted by atomic mass is 35.5. The molecular weight excluding hydrogens is 1280 g/mol. The van der Waals surface area contributed by atoms with Crippen LogP contribution in [0.5, 0.6) is 11.5 Å². The Morgan fingerprint density at radius 3 is 1.91 bits per heavy atom. The van der Waals surface area contributed by atoms with Crippen molar-refractivity contribution in [3.8, 4) is 11.5 Å². The Hall–Kier alpha value is -4.99. The largest absolute Gasteiger partial charge is 0.478 e. The van der Waals surface area contributed by atoms with Gasteiger partial charge in [0.1, 0.15) is 29.6 Å². The van der Waals surface area contributed by atoms with E-state index in [1.165, 1.54) is 0 Å². The number of halogens is 3. The van der Waals surface area contributed by atoms with E-state index in [9.17, 15) is 42.0 Å². The summed E-state index contributed by atoms with van der Waals surface area (Å²) in [6.45, 7) is 16.6. The molecule has 4 heterocycles. The summed E-state index contributed by atoms with van der Waals surface area (Å²) in [5, 5.41) is 21.3. The van der Waals surface area contributed by atoms with E-state index < -0.39 is 56.3 Å². The smallest absolute Gasteiger partial charge is 0.337 e. The Morgan fingerprint density at radius 1 is 0.703 bits per heavy atom. The van der Waals surface area contributed by atoms with Crippen LogP contribution < -0.4 is 24.8 Å². The summed E-state index contributed by atoms with van der Waals surface area (Å²) in [7, 11) is -4.61. The van der Waals surface area contributed by atoms with Crippen molar-refractivity contribution in [3.05, 3.63) is 95.4 Å². The van der Waals surface area contributed by atoms with Gasteiger partial charge in [-0.3, -0.25) is 14.1 Å². The molecule has 0 spiro atoms. The molecule has 1 fully saturated rings. The number of allylic oxidation sites excluding steroid dienone is 1. The van der Waals surface area contributed by atoms with Gasteiger partial charge in [0.25, 0.3) is 21.9 Å². The second-order valence-corrected chi connectivity index (χ2v) is 27.3. The number of aliphatic hydroxyl groups excluding tert-OH is 1. The second-order valence-electron chi connectivity index (χ2n) is 23.5. The lowest BCUT2D eigenvalue weighted by Gasteiger charge is -2.44. The molecule has 0 radical (unpaired) electrons. The van der Waals surface area contributed by atoms with Gasteiger partial charge in [0.05, 0.1) is 118 Å². The van der Waals surface area contributed by atoms with Crippen molar-refractivity contribution in [2.24, 2.45) is 0 Å². The van der Waals surface area contributed by atoms with E-state index in [2.05, 4.69) is 29.4 Å². The number of anilines is 1. The number of hydrogen-bond donors (Lipinski definition) is 3. The number of benzene rings is 3. The SMILES string of the molecule is CCC1=CC(C)(C)[N+](CCCCCC(=O)ON2C(=O)CCC2=O)=c2cc3c(cc21)=C(c1c(Cl)c(COCCOCCOCCSCCOCCOCCOCCO)c(Cl)c(Cl)c1C(=O)O)c1cc2c(cc1O3)N(CCCCCC(C)=O)C(C)(C)C=C2CS(=O)(=O)O. The van der Waals surface area contributed by atoms with Gasteiger partial charge in [-0.15, -0.1) is 5.06 Å². The van der Waals surface area contributed by atoms with Crippen molar-refractivity contribution in [2.45, 2.75) is 130 Å². The lowest BCUT2D eigenvalue weighted by molar-refractivity contribution is -0.197. The predicted octanol–water partition coefficient (Wildman–Crippen LogP) is 9.29. The van der Waals surface area contributed by atoms with E-state index >= 15 is 0 Å². The first kappa shape index (κ1) is 73.4. The van der Waals surface area contributed by atoms with Crippen molar-refractivity contribution >= 4 is 109 Å². The number of hydrogen-bond acceptors (Lipinski definition) is 18. The van der Waals surface area contributed by atoms with Gasteiger partial charge in [0, 0.05) is 114 Å². The first-order valence-electron chi connectivity index (χ1n) is 30.9. The molecule has 0 aliphatic carbocycles. The Labute approximate surface area is 551 Å². The molecule has 500 valence electrons. The highest BCUT2D eigenvalue weighted by Crippen LogP contribution is 2.50. The van der Waals surface area contributed by atoms with Crippen molar-refractivity contribution in [3.63, 3.8) is 0 Å². The van der Waals surface area contributed by atoms with Crippen LogP contribution in [0, 0.1) is 0 Å². The Bertz CT molecular complexity index is 3450. The first-order chi connectivity index (χ1) is 43.4. The van der Waals surface area contributed by atoms with Crippen LogP contribution in [0.3, 0.4) is 0 Å². The normalized spacial score (nSPS) is 15.7. The summed E-state index contributed by atoms with van der Waals surface area (Å²) >= 11 is 23.4. The molecule has 0 aromatic heterocycles. The Kier molecular flexibility index (Phi) is 27.8. The van der Waals surface area contributed by atoms with Crippen LogP contribution in [-0.2, 0) is 69.2 Å². The minimum atomic E-state index is -4.61. The number of carbonyl (C=O) groups is 5. The van der Waals surface area contributed by atoms with E-state index in [1.807, 2.05) is 32.9 Å². The number of carboxylic acid groups (broad SMARTS) is 1. The topological polar surface area (TPSA) is 264 Å². The summed E-state index contributed by atoms with van der Waals surface area (Å²) in [6, 6.07) is 7.42. The minimum Gasteiger partial charge on any atom is -0.478 e. The van der Waals surface area contributed by atoms with Crippen LogP contribution in [0.15, 0.2) is 36.4 Å². The lowest BCUT2D eigenvalue weighted by Crippen LogP contribution is -2.50. The predicted molar refractivity (Wildman–Crippen MR) is 349 cm³/mol. The fraction of sp³-hybridized carbons (Fsp3) is 0.569. The maximum atomic E-state index is 13.8. The monoisotopic (exact) mass is 1360 g/mol. The van der Waals surface area contributed by atoms with Crippen LogP contribution in [0.1, 0.15) is 150 Å². The van der Waals surface area contributed by atoms with Crippen molar-refractivity contribution in [2.75, 3.05) is 115 Å². The maximum absolute atomic E-state index is 13.8. The number of aliphatic hydroxyl groups is 1. The quantitative estimate of drug-likeness (QED) is 0.0123. The van der Waals surface area contributed by atoms with Crippen LogP contribution >= 0.6 is 46.6 Å². The molecule has 0 atom stereocenters. The van der Waals surface area contributed by atoms with Crippen LogP contribution in [0.4, 0.5) is 5.69 Å². The first-order valence-corrected chi connectivity index (χ1v) is 34.8. The third-order valence-electron chi connectivity index (χ3n) is 15.9. The fourth-order valence-corrected chi connectivity index (χ4v) is 13.8. The lowest BCUT2D eigenvalue weighted by atomic mass is 9.82. The third-order valence-corrected chi connectivity index (χ3v) is 18.7. The number of nitrogens with zero attached hydrogens (tertiary/aromatic N) is 3. The standard InChI is InChI=1S/C65H84Cl3N3O18S2/c1-7-43-38-64(3,4)69(19-13-9-11-15-56(76)89-71-54(74)16-17-55(71)75)50-36-52-47(34-45(43)50)57(48-35-46-44(41-91(79,80)81)39-65(5,6)70(51(46)37-53(48)88-52)18-12-8-10-14-42(2)73)58-59(63(77)78)62(68)61(67)49(60(58)66)40-87-29-28-84-25-27-86-31-33-90-32-30-85-26-24-83-23-22-82-21-20-72/h34-39,72H,7-33,40-41H2,1-6H3,(H-,77,78,79,80,81)/p+1. The molecule has 7 rings (SSSR count). The number of Topliss-reactive ketones (excluding diaryl/α,β-unsaturated/α-hetero) is 1. The number of imide groups is 1. The summed E-state index contributed by atoms with van der Waals surface area (Å²) in [4.78, 5) is 69.8. The number of unbranched alkanes of at least 4 members (excludes halogenated alkanes) is 4. The molecule has 1 saturated heterocycles. The molecular formula is C65H85Cl3N3O18S2+. The molecule has 2 amide bonds. The molecule has 0 unspecified atom stereocenters. The van der Waals surface area contributed by atoms with Gasteiger partial charge in [-0.05, 0) is 82.2 Å². The van der Waals surface area contributed by atoms with Crippen molar-refractivity contribution < 1.29 is 85.2 Å². The number of aromatic carboxylic acids is 1. The molecule has 4 aliphatic rings. The number of ether oxygens (including phenoxy) is 7. The molecule has 26 heteroatoms. The summed E-state index contributed by atoms with van der Waals surface area (Å²) in [5.74, 6) is -1.65. The zero-order valence-corrected chi connectivity index (χ0v) is 56.6. The van der Waals surface area contributed by atoms with E-state index in [0.717, 1.165) is 34.4 Å². The van der Waals surface area contributed by atoms with Gasteiger partial charge in [0.15, 0.2) is 5.54 Å². The van der Waals surface area contributed by atoms with E-state index in [1.54, 1.807) is 36.9 Å². The molecule has 91 heavy (non-hydrogen) atoms. The van der Waals surface area contributed by atoms with E-state index in [0.29, 0.717) is 161 Å². The molecule has 4 aliphatic heterocycles. The van der Waals surface area contributed by atoms with Gasteiger partial charge in [-0.1, -0.05) is 54.2 Å².